The van der Waals surface area contributed by atoms with Crippen molar-refractivity contribution in [3.63, 3.8) is 0 Å². The molecule has 0 aliphatic rings. The average Bonchev–Trinajstić information content (AvgIpc) is 2.42. The molecule has 0 fully saturated rings. The molecule has 2 aromatic rings. The summed E-state index contributed by atoms with van der Waals surface area (Å²) in [5.74, 6) is -1.81. The molecule has 0 spiro atoms. The van der Waals surface area contributed by atoms with Crippen LogP contribution in [0.1, 0.15) is 17.2 Å². The van der Waals surface area contributed by atoms with Crippen LogP contribution in [0.2, 0.25) is 5.02 Å². The fourth-order valence-electron chi connectivity index (χ4n) is 2.06. The number of hydrogen-bond donors (Lipinski definition) is 1. The van der Waals surface area contributed by atoms with Crippen molar-refractivity contribution in [3.8, 4) is 0 Å². The number of likely N-dealkylation sites (N-methyl/N-ethyl adjacent to an activating group) is 1. The predicted molar refractivity (Wildman–Crippen MR) is 73.3 cm³/mol. The molecule has 2 aromatic carbocycles. The summed E-state index contributed by atoms with van der Waals surface area (Å²) < 4.78 is 40.5. The van der Waals surface area contributed by atoms with Crippen LogP contribution in [0.15, 0.2) is 36.4 Å². The number of hydrogen-bond acceptors (Lipinski definition) is 1. The van der Waals surface area contributed by atoms with Gasteiger partial charge in [-0.3, -0.25) is 0 Å². The van der Waals surface area contributed by atoms with Crippen LogP contribution in [0.5, 0.6) is 0 Å². The molecule has 0 aliphatic carbocycles. The number of nitrogens with one attached hydrogen (secondary N) is 1. The molecule has 1 atom stereocenters. The molecule has 5 heteroatoms. The van der Waals surface area contributed by atoms with E-state index < -0.39 is 23.5 Å². The highest BCUT2D eigenvalue weighted by atomic mass is 35.5. The Morgan fingerprint density at radius 3 is 2.55 bits per heavy atom. The average molecular weight is 300 g/mol. The second-order valence-corrected chi connectivity index (χ2v) is 4.83. The molecule has 0 radical (unpaired) electrons. The normalized spacial score (nSPS) is 12.4. The van der Waals surface area contributed by atoms with Crippen LogP contribution in [0.25, 0.3) is 0 Å². The SMILES string of the molecule is CNC(Cc1ccc(F)cc1F)c1cccc(Cl)c1F. The maximum absolute atomic E-state index is 14.0. The van der Waals surface area contributed by atoms with Crippen LogP contribution in [0, 0.1) is 17.5 Å². The second kappa shape index (κ2) is 6.29. The lowest BCUT2D eigenvalue weighted by Crippen LogP contribution is -2.20. The first kappa shape index (κ1) is 14.9. The monoisotopic (exact) mass is 299 g/mol. The topological polar surface area (TPSA) is 12.0 Å². The van der Waals surface area contributed by atoms with Crippen LogP contribution in [0.4, 0.5) is 13.2 Å². The lowest BCUT2D eigenvalue weighted by atomic mass is 9.98. The van der Waals surface area contributed by atoms with Crippen LogP contribution in [-0.4, -0.2) is 7.05 Å². The van der Waals surface area contributed by atoms with Crippen molar-refractivity contribution < 1.29 is 13.2 Å². The highest BCUT2D eigenvalue weighted by Gasteiger charge is 2.18. The molecule has 1 N–H and O–H groups in total. The Morgan fingerprint density at radius 2 is 1.90 bits per heavy atom. The van der Waals surface area contributed by atoms with Gasteiger partial charge >= 0.3 is 0 Å². The third-order valence-corrected chi connectivity index (χ3v) is 3.44. The first-order valence-corrected chi connectivity index (χ1v) is 6.46. The molecule has 0 amide bonds. The third kappa shape index (κ3) is 3.14. The summed E-state index contributed by atoms with van der Waals surface area (Å²) in [6, 6.07) is 7.57. The van der Waals surface area contributed by atoms with E-state index in [1.165, 1.54) is 18.2 Å². The molecule has 2 rings (SSSR count). The van der Waals surface area contributed by atoms with Gasteiger partial charge < -0.3 is 5.32 Å². The Hall–Kier alpha value is -1.52. The van der Waals surface area contributed by atoms with E-state index >= 15 is 0 Å². The summed E-state index contributed by atoms with van der Waals surface area (Å²) in [4.78, 5) is 0. The molecule has 20 heavy (non-hydrogen) atoms. The molecule has 1 nitrogen and oxygen atoms in total. The Kier molecular flexibility index (Phi) is 4.68. The van der Waals surface area contributed by atoms with Crippen molar-refractivity contribution in [1.29, 1.82) is 0 Å². The van der Waals surface area contributed by atoms with Crippen molar-refractivity contribution in [3.05, 3.63) is 70.0 Å². The molecule has 0 saturated heterocycles. The minimum atomic E-state index is -0.646. The summed E-state index contributed by atoms with van der Waals surface area (Å²) >= 11 is 5.74. The fraction of sp³-hybridized carbons (Fsp3) is 0.200. The van der Waals surface area contributed by atoms with Crippen LogP contribution in [0.3, 0.4) is 0 Å². The Bertz CT molecular complexity index is 616. The minimum absolute atomic E-state index is 0.0160. The van der Waals surface area contributed by atoms with Crippen molar-refractivity contribution in [1.82, 2.24) is 5.32 Å². The zero-order chi connectivity index (χ0) is 14.7. The van der Waals surface area contributed by atoms with E-state index in [0.29, 0.717) is 11.1 Å². The number of benzene rings is 2. The maximum atomic E-state index is 14.0. The number of halogens is 4. The van der Waals surface area contributed by atoms with E-state index in [4.69, 9.17) is 11.6 Å². The summed E-state index contributed by atoms with van der Waals surface area (Å²) in [5, 5.41) is 2.93. The van der Waals surface area contributed by atoms with Gasteiger partial charge in [0.05, 0.1) is 5.02 Å². The standard InChI is InChI=1S/C15H13ClF3N/c1-20-14(11-3-2-4-12(16)15(11)19)7-9-5-6-10(17)8-13(9)18/h2-6,8,14,20H,7H2,1H3. The van der Waals surface area contributed by atoms with Gasteiger partial charge in [-0.25, -0.2) is 13.2 Å². The Balaban J connectivity index is 2.31. The minimum Gasteiger partial charge on any atom is -0.313 e. The molecule has 1 unspecified atom stereocenters. The van der Waals surface area contributed by atoms with E-state index in [0.717, 1.165) is 6.07 Å². The van der Waals surface area contributed by atoms with Gasteiger partial charge in [-0.05, 0) is 31.2 Å². The van der Waals surface area contributed by atoms with Gasteiger partial charge in [-0.1, -0.05) is 29.8 Å². The van der Waals surface area contributed by atoms with Crippen molar-refractivity contribution in [2.75, 3.05) is 7.05 Å². The van der Waals surface area contributed by atoms with Crippen molar-refractivity contribution in [2.24, 2.45) is 0 Å². The van der Waals surface area contributed by atoms with Crippen molar-refractivity contribution >= 4 is 11.6 Å². The number of rotatable bonds is 4. The summed E-state index contributed by atoms with van der Waals surface area (Å²) in [5.41, 5.74) is 0.661. The Labute approximate surface area is 120 Å². The van der Waals surface area contributed by atoms with E-state index in [1.54, 1.807) is 19.2 Å². The highest BCUT2D eigenvalue weighted by Crippen LogP contribution is 2.26. The van der Waals surface area contributed by atoms with Crippen LogP contribution in [-0.2, 0) is 6.42 Å². The smallest absolute Gasteiger partial charge is 0.146 e. The summed E-state index contributed by atoms with van der Waals surface area (Å²) in [6.07, 6.45) is 0.194. The molecule has 0 bridgehead atoms. The Morgan fingerprint density at radius 1 is 1.15 bits per heavy atom. The summed E-state index contributed by atoms with van der Waals surface area (Å²) in [6.45, 7) is 0. The first-order chi connectivity index (χ1) is 9.52. The molecular formula is C15H13ClF3N. The zero-order valence-electron chi connectivity index (χ0n) is 10.8. The summed E-state index contributed by atoms with van der Waals surface area (Å²) in [7, 11) is 1.65. The van der Waals surface area contributed by atoms with Gasteiger partial charge in [0.15, 0.2) is 0 Å². The largest absolute Gasteiger partial charge is 0.313 e. The quantitative estimate of drug-likeness (QED) is 0.889. The van der Waals surface area contributed by atoms with Gasteiger partial charge in [-0.15, -0.1) is 0 Å². The van der Waals surface area contributed by atoms with Gasteiger partial charge in [0.2, 0.25) is 0 Å². The molecule has 0 aromatic heterocycles. The second-order valence-electron chi connectivity index (χ2n) is 4.42. The predicted octanol–water partition coefficient (Wildman–Crippen LogP) is 4.26. The molecular weight excluding hydrogens is 287 g/mol. The van der Waals surface area contributed by atoms with Crippen LogP contribution < -0.4 is 5.32 Å². The van der Waals surface area contributed by atoms with Crippen molar-refractivity contribution in [2.45, 2.75) is 12.5 Å². The lowest BCUT2D eigenvalue weighted by molar-refractivity contribution is 0.515. The van der Waals surface area contributed by atoms with E-state index in [9.17, 15) is 13.2 Å². The van der Waals surface area contributed by atoms with E-state index in [2.05, 4.69) is 5.32 Å². The van der Waals surface area contributed by atoms with E-state index in [-0.39, 0.29) is 11.4 Å². The van der Waals surface area contributed by atoms with E-state index in [1.807, 2.05) is 0 Å². The van der Waals surface area contributed by atoms with Gasteiger partial charge in [0.1, 0.15) is 17.5 Å². The molecule has 106 valence electrons. The molecule has 0 heterocycles. The highest BCUT2D eigenvalue weighted by molar-refractivity contribution is 6.30. The first-order valence-electron chi connectivity index (χ1n) is 6.08. The van der Waals surface area contributed by atoms with Gasteiger partial charge in [0.25, 0.3) is 0 Å². The maximum Gasteiger partial charge on any atom is 0.146 e. The zero-order valence-corrected chi connectivity index (χ0v) is 11.5. The van der Waals surface area contributed by atoms with Gasteiger partial charge in [0, 0.05) is 17.7 Å². The fourth-order valence-corrected chi connectivity index (χ4v) is 2.25. The molecule has 0 saturated carbocycles. The van der Waals surface area contributed by atoms with Gasteiger partial charge in [-0.2, -0.15) is 0 Å². The van der Waals surface area contributed by atoms with Crippen LogP contribution >= 0.6 is 11.6 Å². The lowest BCUT2D eigenvalue weighted by Gasteiger charge is -2.18. The third-order valence-electron chi connectivity index (χ3n) is 3.14. The molecule has 0 aliphatic heterocycles.